The van der Waals surface area contributed by atoms with E-state index in [0.29, 0.717) is 5.92 Å². The van der Waals surface area contributed by atoms with Crippen LogP contribution in [0.3, 0.4) is 0 Å². The lowest BCUT2D eigenvalue weighted by molar-refractivity contribution is 0.0702. The van der Waals surface area contributed by atoms with Gasteiger partial charge in [-0.15, -0.1) is 0 Å². The van der Waals surface area contributed by atoms with Crippen molar-refractivity contribution in [2.75, 3.05) is 13.1 Å². The fourth-order valence-electron chi connectivity index (χ4n) is 3.43. The predicted octanol–water partition coefficient (Wildman–Crippen LogP) is 5.70. The summed E-state index contributed by atoms with van der Waals surface area (Å²) in [5, 5.41) is 10.4. The summed E-state index contributed by atoms with van der Waals surface area (Å²) in [6, 6.07) is 13.4. The quantitative estimate of drug-likeness (QED) is 0.556. The molecule has 162 valence electrons. The van der Waals surface area contributed by atoms with E-state index in [-0.39, 0.29) is 17.4 Å². The molecule has 1 heterocycles. The first kappa shape index (κ1) is 23.7. The lowest BCUT2D eigenvalue weighted by Crippen LogP contribution is -2.36. The number of benzene rings is 1. The van der Waals surface area contributed by atoms with Crippen molar-refractivity contribution in [3.63, 3.8) is 0 Å². The lowest BCUT2D eigenvalue weighted by atomic mass is 9.87. The molecule has 1 aromatic heterocycles. The maximum Gasteiger partial charge on any atom is 0.0690 e. The SMILES string of the molecule is CC(C)CCN(Cc1cccn1Cc1ccc(C(C)(C)C)cc1)C[C@@H](O)C(C)C. The van der Waals surface area contributed by atoms with Crippen LogP contribution in [0, 0.1) is 11.8 Å². The van der Waals surface area contributed by atoms with Crippen LogP contribution in [0.1, 0.15) is 71.7 Å². The number of hydrogen-bond donors (Lipinski definition) is 1. The second kappa shape index (κ2) is 10.4. The topological polar surface area (TPSA) is 28.4 Å². The van der Waals surface area contributed by atoms with Crippen molar-refractivity contribution in [1.82, 2.24) is 9.47 Å². The molecule has 2 aromatic rings. The minimum atomic E-state index is -0.282. The van der Waals surface area contributed by atoms with Crippen molar-refractivity contribution in [3.8, 4) is 0 Å². The maximum atomic E-state index is 10.4. The minimum Gasteiger partial charge on any atom is -0.392 e. The van der Waals surface area contributed by atoms with Gasteiger partial charge in [0.05, 0.1) is 6.10 Å². The Hall–Kier alpha value is -1.58. The van der Waals surface area contributed by atoms with Crippen LogP contribution in [-0.2, 0) is 18.5 Å². The van der Waals surface area contributed by atoms with Gasteiger partial charge in [0.25, 0.3) is 0 Å². The van der Waals surface area contributed by atoms with Gasteiger partial charge in [-0.25, -0.2) is 0 Å². The van der Waals surface area contributed by atoms with Gasteiger partial charge in [0.1, 0.15) is 0 Å². The van der Waals surface area contributed by atoms with E-state index in [0.717, 1.165) is 32.6 Å². The maximum absolute atomic E-state index is 10.4. The van der Waals surface area contributed by atoms with Gasteiger partial charge < -0.3 is 9.67 Å². The Morgan fingerprint density at radius 2 is 1.66 bits per heavy atom. The van der Waals surface area contributed by atoms with E-state index in [1.165, 1.54) is 16.8 Å². The summed E-state index contributed by atoms with van der Waals surface area (Å²) in [4.78, 5) is 2.42. The Kier molecular flexibility index (Phi) is 8.54. The Bertz CT molecular complexity index is 722. The zero-order chi connectivity index (χ0) is 21.6. The van der Waals surface area contributed by atoms with Gasteiger partial charge in [0.2, 0.25) is 0 Å². The van der Waals surface area contributed by atoms with E-state index in [9.17, 15) is 5.11 Å². The van der Waals surface area contributed by atoms with E-state index in [2.05, 4.69) is 101 Å². The monoisotopic (exact) mass is 398 g/mol. The van der Waals surface area contributed by atoms with Crippen molar-refractivity contribution in [3.05, 3.63) is 59.4 Å². The van der Waals surface area contributed by atoms with Gasteiger partial charge in [0.15, 0.2) is 0 Å². The summed E-state index contributed by atoms with van der Waals surface area (Å²) in [5.74, 6) is 0.950. The highest BCUT2D eigenvalue weighted by Crippen LogP contribution is 2.23. The molecule has 1 aromatic carbocycles. The van der Waals surface area contributed by atoms with Crippen LogP contribution >= 0.6 is 0 Å². The van der Waals surface area contributed by atoms with Crippen molar-refractivity contribution in [2.45, 2.75) is 79.5 Å². The van der Waals surface area contributed by atoms with Gasteiger partial charge >= 0.3 is 0 Å². The molecule has 1 N–H and O–H groups in total. The summed E-state index contributed by atoms with van der Waals surface area (Å²) in [5.41, 5.74) is 4.19. The van der Waals surface area contributed by atoms with Crippen LogP contribution < -0.4 is 0 Å². The number of aliphatic hydroxyl groups is 1. The molecule has 0 aliphatic heterocycles. The number of aromatic nitrogens is 1. The molecule has 2 rings (SSSR count). The third-order valence-electron chi connectivity index (χ3n) is 5.72. The third-order valence-corrected chi connectivity index (χ3v) is 5.72. The fraction of sp³-hybridized carbons (Fsp3) is 0.615. The Labute approximate surface area is 178 Å². The molecular weight excluding hydrogens is 356 g/mol. The van der Waals surface area contributed by atoms with Gasteiger partial charge in [0, 0.05) is 31.5 Å². The van der Waals surface area contributed by atoms with Crippen LogP contribution in [0.15, 0.2) is 42.6 Å². The molecule has 0 aliphatic carbocycles. The molecule has 0 saturated heterocycles. The molecule has 0 radical (unpaired) electrons. The number of hydrogen-bond acceptors (Lipinski definition) is 2. The number of aliphatic hydroxyl groups excluding tert-OH is 1. The van der Waals surface area contributed by atoms with Crippen LogP contribution in [0.2, 0.25) is 0 Å². The third kappa shape index (κ3) is 7.64. The second-order valence-electron chi connectivity index (χ2n) is 10.3. The first-order chi connectivity index (χ1) is 13.6. The Balaban J connectivity index is 2.09. The molecule has 0 bridgehead atoms. The van der Waals surface area contributed by atoms with E-state index in [1.54, 1.807) is 0 Å². The highest BCUT2D eigenvalue weighted by molar-refractivity contribution is 5.28. The van der Waals surface area contributed by atoms with Gasteiger partial charge in [-0.3, -0.25) is 4.90 Å². The summed E-state index contributed by atoms with van der Waals surface area (Å²) in [6.07, 6.45) is 3.04. The van der Waals surface area contributed by atoms with E-state index in [4.69, 9.17) is 0 Å². The van der Waals surface area contributed by atoms with Crippen molar-refractivity contribution in [1.29, 1.82) is 0 Å². The van der Waals surface area contributed by atoms with Crippen LogP contribution in [-0.4, -0.2) is 33.8 Å². The zero-order valence-electron chi connectivity index (χ0n) is 19.7. The average Bonchev–Trinajstić information content (AvgIpc) is 3.05. The van der Waals surface area contributed by atoms with E-state index >= 15 is 0 Å². The van der Waals surface area contributed by atoms with Gasteiger partial charge in [-0.2, -0.15) is 0 Å². The number of rotatable bonds is 10. The van der Waals surface area contributed by atoms with E-state index in [1.807, 2.05) is 0 Å². The van der Waals surface area contributed by atoms with Crippen molar-refractivity contribution < 1.29 is 5.11 Å². The largest absolute Gasteiger partial charge is 0.392 e. The van der Waals surface area contributed by atoms with E-state index < -0.39 is 0 Å². The van der Waals surface area contributed by atoms with Gasteiger partial charge in [-0.1, -0.05) is 72.7 Å². The Morgan fingerprint density at radius 3 is 2.21 bits per heavy atom. The fourth-order valence-corrected chi connectivity index (χ4v) is 3.43. The standard InChI is InChI=1S/C26H42N2O/c1-20(2)14-16-27(19-25(29)21(3)4)18-24-9-8-15-28(24)17-22-10-12-23(13-11-22)26(5,6)7/h8-13,15,20-21,25,29H,14,16-19H2,1-7H3/t25-/m1/s1. The normalized spacial score (nSPS) is 13.6. The molecule has 1 atom stereocenters. The first-order valence-electron chi connectivity index (χ1n) is 11.2. The summed E-state index contributed by atoms with van der Waals surface area (Å²) < 4.78 is 2.34. The van der Waals surface area contributed by atoms with Crippen molar-refractivity contribution in [2.24, 2.45) is 11.8 Å². The van der Waals surface area contributed by atoms with Crippen LogP contribution in [0.4, 0.5) is 0 Å². The molecule has 0 spiro atoms. The average molecular weight is 399 g/mol. The predicted molar refractivity (Wildman–Crippen MR) is 124 cm³/mol. The molecule has 0 aliphatic rings. The minimum absolute atomic E-state index is 0.186. The molecule has 0 saturated carbocycles. The van der Waals surface area contributed by atoms with Crippen LogP contribution in [0.25, 0.3) is 0 Å². The molecular formula is C26H42N2O. The van der Waals surface area contributed by atoms with Crippen molar-refractivity contribution >= 4 is 0 Å². The molecule has 29 heavy (non-hydrogen) atoms. The molecule has 0 amide bonds. The summed E-state index contributed by atoms with van der Waals surface area (Å²) >= 11 is 0. The molecule has 3 nitrogen and oxygen atoms in total. The summed E-state index contributed by atoms with van der Waals surface area (Å²) in [7, 11) is 0. The second-order valence-corrected chi connectivity index (χ2v) is 10.3. The Morgan fingerprint density at radius 1 is 1.00 bits per heavy atom. The number of nitrogens with zero attached hydrogens (tertiary/aromatic N) is 2. The summed E-state index contributed by atoms with van der Waals surface area (Å²) in [6.45, 7) is 19.0. The lowest BCUT2D eigenvalue weighted by Gasteiger charge is -2.28. The highest BCUT2D eigenvalue weighted by atomic mass is 16.3. The van der Waals surface area contributed by atoms with Gasteiger partial charge in [-0.05, 0) is 53.5 Å². The molecule has 0 unspecified atom stereocenters. The zero-order valence-corrected chi connectivity index (χ0v) is 19.7. The van der Waals surface area contributed by atoms with Crippen LogP contribution in [0.5, 0.6) is 0 Å². The first-order valence-corrected chi connectivity index (χ1v) is 11.2. The molecule has 0 fully saturated rings. The molecule has 3 heteroatoms. The highest BCUT2D eigenvalue weighted by Gasteiger charge is 2.17. The smallest absolute Gasteiger partial charge is 0.0690 e.